The second-order valence-electron chi connectivity index (χ2n) is 9.37. The quantitative estimate of drug-likeness (QED) is 0.410. The second-order valence-corrected chi connectivity index (χ2v) is 9.37. The summed E-state index contributed by atoms with van der Waals surface area (Å²) in [5.74, 6) is -0.646. The van der Waals surface area contributed by atoms with Gasteiger partial charge in [0.05, 0.1) is 37.3 Å². The molecular weight excluding hydrogens is 501 g/mol. The molecule has 1 aromatic carbocycles. The van der Waals surface area contributed by atoms with Gasteiger partial charge in [-0.15, -0.1) is 5.10 Å². The van der Waals surface area contributed by atoms with Crippen LogP contribution in [0.5, 0.6) is 0 Å². The molecule has 2 aliphatic heterocycles. The molecule has 10 nitrogen and oxygen atoms in total. The molecule has 3 aromatic heterocycles. The number of aromatic nitrogens is 5. The first kappa shape index (κ1) is 24.1. The minimum atomic E-state index is -1.26. The summed E-state index contributed by atoms with van der Waals surface area (Å²) in [6.07, 6.45) is 3.21. The monoisotopic (exact) mass is 524 g/mol. The number of nitrogens with zero attached hydrogens (tertiary/aromatic N) is 7. The minimum absolute atomic E-state index is 0.0152. The Bertz CT molecular complexity index is 1500. The van der Waals surface area contributed by atoms with Crippen LogP contribution in [0.15, 0.2) is 48.9 Å². The van der Waals surface area contributed by atoms with Crippen molar-refractivity contribution < 1.29 is 23.1 Å². The number of benzene rings is 1. The number of hydrogen-bond donors (Lipinski definition) is 2. The topological polar surface area (TPSA) is 112 Å². The van der Waals surface area contributed by atoms with Crippen LogP contribution in [0.2, 0.25) is 0 Å². The van der Waals surface area contributed by atoms with Crippen LogP contribution < -0.4 is 15.1 Å². The molecule has 5 heterocycles. The number of imidazole rings is 1. The predicted molar refractivity (Wildman–Crippen MR) is 132 cm³/mol. The third kappa shape index (κ3) is 4.49. The van der Waals surface area contributed by atoms with Crippen molar-refractivity contribution in [3.8, 4) is 0 Å². The summed E-state index contributed by atoms with van der Waals surface area (Å²) in [4.78, 5) is 29.0. The molecule has 3 atom stereocenters. The first-order chi connectivity index (χ1) is 18.4. The van der Waals surface area contributed by atoms with Crippen LogP contribution >= 0.6 is 0 Å². The Kier molecular flexibility index (Phi) is 6.06. The van der Waals surface area contributed by atoms with Crippen LogP contribution in [0.3, 0.4) is 0 Å². The van der Waals surface area contributed by atoms with Crippen molar-refractivity contribution in [2.75, 3.05) is 34.8 Å². The average molecular weight is 525 g/mol. The highest BCUT2D eigenvalue weighted by Crippen LogP contribution is 2.38. The average Bonchev–Trinajstić information content (AvgIpc) is 3.64. The zero-order valence-corrected chi connectivity index (χ0v) is 20.0. The van der Waals surface area contributed by atoms with Crippen molar-refractivity contribution in [3.63, 3.8) is 0 Å². The fourth-order valence-electron chi connectivity index (χ4n) is 4.94. The molecule has 0 bridgehead atoms. The molecule has 4 aromatic rings. The molecule has 2 N–H and O–H groups in total. The number of anilines is 3. The van der Waals surface area contributed by atoms with Crippen LogP contribution in [0.25, 0.3) is 5.65 Å². The molecule has 2 aliphatic rings. The molecule has 13 heteroatoms. The van der Waals surface area contributed by atoms with Gasteiger partial charge in [0, 0.05) is 25.1 Å². The summed E-state index contributed by atoms with van der Waals surface area (Å²) < 4.78 is 44.2. The largest absolute Gasteiger partial charge is 0.391 e. The molecular formula is C25H23F3N8O2. The number of amides is 1. The van der Waals surface area contributed by atoms with E-state index in [0.717, 1.165) is 18.2 Å². The third-order valence-electron chi connectivity index (χ3n) is 6.81. The maximum atomic E-state index is 14.5. The first-order valence-corrected chi connectivity index (χ1v) is 12.1. The van der Waals surface area contributed by atoms with Gasteiger partial charge < -0.3 is 20.2 Å². The molecule has 1 amide bonds. The number of fused-ring (bicyclic) bond motifs is 1. The maximum absolute atomic E-state index is 14.5. The smallest absolute Gasteiger partial charge is 0.277 e. The van der Waals surface area contributed by atoms with Gasteiger partial charge in [-0.25, -0.2) is 28.1 Å². The predicted octanol–water partition coefficient (Wildman–Crippen LogP) is 2.91. The minimum Gasteiger partial charge on any atom is -0.391 e. The molecule has 196 valence electrons. The Morgan fingerprint density at radius 1 is 1.03 bits per heavy atom. The van der Waals surface area contributed by atoms with Crippen molar-refractivity contribution in [1.82, 2.24) is 24.6 Å². The number of hydrogen-bond acceptors (Lipinski definition) is 8. The number of carbonyl (C=O) groups excluding carboxylic acids is 1. The van der Waals surface area contributed by atoms with Gasteiger partial charge in [-0.3, -0.25) is 4.79 Å². The highest BCUT2D eigenvalue weighted by molar-refractivity contribution is 6.02. The molecule has 0 aliphatic carbocycles. The SMILES string of the molecule is O=C(Nc1cnc2ccc(N3C[C@@H](F)C[C@@H]3c3cc(F)ccc3F)nn12)c1cnc(N2CCC(O)C2)cn1. The van der Waals surface area contributed by atoms with Crippen LogP contribution in [-0.4, -0.2) is 67.5 Å². The van der Waals surface area contributed by atoms with Crippen molar-refractivity contribution in [1.29, 1.82) is 0 Å². The summed E-state index contributed by atoms with van der Waals surface area (Å²) in [7, 11) is 0. The number of rotatable bonds is 5. The molecule has 2 fully saturated rings. The number of halogens is 3. The number of nitrogens with one attached hydrogen (secondary N) is 1. The number of β-amino-alcohol motifs (C(OH)–C–C–N with tert-alkyl or cyclic N) is 1. The van der Waals surface area contributed by atoms with E-state index in [4.69, 9.17) is 0 Å². The van der Waals surface area contributed by atoms with Crippen molar-refractivity contribution in [2.24, 2.45) is 0 Å². The third-order valence-corrected chi connectivity index (χ3v) is 6.81. The van der Waals surface area contributed by atoms with Crippen molar-refractivity contribution in [3.05, 3.63) is 71.8 Å². The lowest BCUT2D eigenvalue weighted by Crippen LogP contribution is -2.26. The van der Waals surface area contributed by atoms with Gasteiger partial charge in [-0.2, -0.15) is 4.52 Å². The van der Waals surface area contributed by atoms with Crippen molar-refractivity contribution >= 4 is 29.0 Å². The van der Waals surface area contributed by atoms with Gasteiger partial charge in [-0.1, -0.05) is 0 Å². The standard InChI is InChI=1S/C25H23F3N8O2/c26-14-1-2-18(28)17(7-14)20-8-15(27)12-35(20)22-4-3-21-31-11-24(36(21)33-22)32-25(38)19-9-30-23(10-29-19)34-6-5-16(37)13-34/h1-4,7,9-11,15-16,20,37H,5-6,8,12-13H2,(H,32,38)/t15-,16?,20+/m0/s1. The summed E-state index contributed by atoms with van der Waals surface area (Å²) in [5.41, 5.74) is 0.542. The van der Waals surface area contributed by atoms with E-state index in [0.29, 0.717) is 36.8 Å². The molecule has 0 saturated carbocycles. The molecule has 2 saturated heterocycles. The van der Waals surface area contributed by atoms with Gasteiger partial charge in [-0.05, 0) is 36.8 Å². The van der Waals surface area contributed by atoms with Crippen molar-refractivity contribution in [2.45, 2.75) is 31.2 Å². The zero-order chi connectivity index (χ0) is 26.4. The number of alkyl halides is 1. The van der Waals surface area contributed by atoms with Gasteiger partial charge in [0.1, 0.15) is 35.1 Å². The molecule has 38 heavy (non-hydrogen) atoms. The van der Waals surface area contributed by atoms with Gasteiger partial charge in [0.15, 0.2) is 11.5 Å². The van der Waals surface area contributed by atoms with Crippen LogP contribution in [0.4, 0.5) is 30.6 Å². The number of aliphatic hydroxyl groups excluding tert-OH is 1. The van der Waals surface area contributed by atoms with Crippen LogP contribution in [0, 0.1) is 11.6 Å². The summed E-state index contributed by atoms with van der Waals surface area (Å²) in [6, 6.07) is 5.63. The van der Waals surface area contributed by atoms with Gasteiger partial charge >= 0.3 is 0 Å². The fraction of sp³-hybridized carbons (Fsp3) is 0.320. The van der Waals surface area contributed by atoms with E-state index in [-0.39, 0.29) is 30.0 Å². The summed E-state index contributed by atoms with van der Waals surface area (Å²) in [6.45, 7) is 1.07. The lowest BCUT2D eigenvalue weighted by Gasteiger charge is -2.26. The Morgan fingerprint density at radius 3 is 2.66 bits per heavy atom. The first-order valence-electron chi connectivity index (χ1n) is 12.1. The van der Waals surface area contributed by atoms with Gasteiger partial charge in [0.25, 0.3) is 5.91 Å². The molecule has 0 radical (unpaired) electrons. The van der Waals surface area contributed by atoms with E-state index in [2.05, 4.69) is 25.4 Å². The Labute approximate surface area is 214 Å². The highest BCUT2D eigenvalue weighted by atomic mass is 19.1. The van der Waals surface area contributed by atoms with Gasteiger partial charge in [0.2, 0.25) is 0 Å². The lowest BCUT2D eigenvalue weighted by molar-refractivity contribution is 0.102. The van der Waals surface area contributed by atoms with E-state index in [9.17, 15) is 23.1 Å². The second kappa shape index (κ2) is 9.56. The Morgan fingerprint density at radius 2 is 1.89 bits per heavy atom. The number of carbonyl (C=O) groups is 1. The van der Waals surface area contributed by atoms with E-state index >= 15 is 0 Å². The molecule has 1 unspecified atom stereocenters. The molecule has 6 rings (SSSR count). The van der Waals surface area contributed by atoms with E-state index in [1.165, 1.54) is 23.1 Å². The lowest BCUT2D eigenvalue weighted by atomic mass is 10.0. The normalized spacial score (nSPS) is 21.4. The summed E-state index contributed by atoms with van der Waals surface area (Å²) >= 11 is 0. The summed E-state index contributed by atoms with van der Waals surface area (Å²) in [5, 5.41) is 16.9. The number of aliphatic hydroxyl groups is 1. The highest BCUT2D eigenvalue weighted by Gasteiger charge is 2.36. The van der Waals surface area contributed by atoms with Crippen LogP contribution in [-0.2, 0) is 0 Å². The molecule has 0 spiro atoms. The van der Waals surface area contributed by atoms with Crippen LogP contribution in [0.1, 0.15) is 34.9 Å². The Hall–Kier alpha value is -4.26. The maximum Gasteiger partial charge on any atom is 0.277 e. The van der Waals surface area contributed by atoms with E-state index < -0.39 is 35.9 Å². The van der Waals surface area contributed by atoms with E-state index in [1.54, 1.807) is 17.0 Å². The fourth-order valence-corrected chi connectivity index (χ4v) is 4.94. The zero-order valence-electron chi connectivity index (χ0n) is 20.0. The Balaban J connectivity index is 1.24. The van der Waals surface area contributed by atoms with E-state index in [1.807, 2.05) is 4.90 Å².